The van der Waals surface area contributed by atoms with E-state index in [0.29, 0.717) is 30.3 Å². The predicted octanol–water partition coefficient (Wildman–Crippen LogP) is 4.27. The Morgan fingerprint density at radius 2 is 2.03 bits per heavy atom. The molecule has 1 aliphatic rings. The molecule has 3 N–H and O–H groups in total. The number of benzene rings is 2. The summed E-state index contributed by atoms with van der Waals surface area (Å²) < 4.78 is 8.07. The van der Waals surface area contributed by atoms with Crippen molar-refractivity contribution in [2.45, 2.75) is 38.1 Å². The molecule has 176 valence electrons. The van der Waals surface area contributed by atoms with Crippen molar-refractivity contribution in [3.05, 3.63) is 94.8 Å². The lowest BCUT2D eigenvalue weighted by Crippen LogP contribution is -2.04. The van der Waals surface area contributed by atoms with Crippen molar-refractivity contribution in [2.75, 3.05) is 12.3 Å². The van der Waals surface area contributed by atoms with Crippen molar-refractivity contribution in [1.82, 2.24) is 30.2 Å². The average Bonchev–Trinajstić information content (AvgIpc) is 3.60. The Balaban J connectivity index is 1.07. The molecular weight excluding hydrogens is 438 g/mol. The van der Waals surface area contributed by atoms with Gasteiger partial charge in [0.05, 0.1) is 19.3 Å². The van der Waals surface area contributed by atoms with Gasteiger partial charge >= 0.3 is 0 Å². The highest BCUT2D eigenvalue weighted by molar-refractivity contribution is 5.76. The molecule has 0 saturated carbocycles. The van der Waals surface area contributed by atoms with E-state index in [0.717, 1.165) is 41.0 Å². The second kappa shape index (κ2) is 9.21. The summed E-state index contributed by atoms with van der Waals surface area (Å²) in [6, 6.07) is 18.9. The molecule has 8 nitrogen and oxygen atoms in total. The zero-order valence-electron chi connectivity index (χ0n) is 19.4. The molecule has 0 saturated heterocycles. The Labute approximate surface area is 203 Å². The van der Waals surface area contributed by atoms with E-state index in [4.69, 9.17) is 10.5 Å². The Bertz CT molecular complexity index is 1470. The number of aromatic amines is 1. The van der Waals surface area contributed by atoms with Crippen molar-refractivity contribution in [2.24, 2.45) is 0 Å². The number of nitrogens with zero attached hydrogens (tertiary/aromatic N) is 5. The summed E-state index contributed by atoms with van der Waals surface area (Å²) in [6.45, 7) is 1.39. The molecule has 8 heteroatoms. The van der Waals surface area contributed by atoms with E-state index < -0.39 is 0 Å². The molecule has 1 atom stereocenters. The Hall–Kier alpha value is -4.20. The zero-order valence-corrected chi connectivity index (χ0v) is 19.4. The molecular formula is C27H27N7O. The molecule has 2 aromatic carbocycles. The number of ether oxygens (including phenoxy) is 1. The van der Waals surface area contributed by atoms with Crippen LogP contribution in [0.5, 0.6) is 5.75 Å². The van der Waals surface area contributed by atoms with Gasteiger partial charge in [-0.15, -0.1) is 5.10 Å². The highest BCUT2D eigenvalue weighted by Crippen LogP contribution is 2.35. The molecule has 6 rings (SSSR count). The van der Waals surface area contributed by atoms with Crippen LogP contribution in [0.1, 0.15) is 46.6 Å². The van der Waals surface area contributed by atoms with Gasteiger partial charge in [-0.1, -0.05) is 41.6 Å². The summed E-state index contributed by atoms with van der Waals surface area (Å²) in [5.74, 6) is 1.95. The van der Waals surface area contributed by atoms with Crippen LogP contribution in [0.25, 0.3) is 11.2 Å². The van der Waals surface area contributed by atoms with Gasteiger partial charge < -0.3 is 10.5 Å². The summed E-state index contributed by atoms with van der Waals surface area (Å²) in [7, 11) is 0. The maximum absolute atomic E-state index is 6.13. The minimum atomic E-state index is 0.444. The van der Waals surface area contributed by atoms with Gasteiger partial charge in [0.25, 0.3) is 0 Å². The van der Waals surface area contributed by atoms with Gasteiger partial charge in [0, 0.05) is 12.6 Å². The fraction of sp³-hybridized carbons (Fsp3) is 0.259. The smallest absolute Gasteiger partial charge is 0.178 e. The zero-order chi connectivity index (χ0) is 23.6. The van der Waals surface area contributed by atoms with E-state index in [2.05, 4.69) is 61.9 Å². The van der Waals surface area contributed by atoms with E-state index in [1.165, 1.54) is 24.0 Å². The van der Waals surface area contributed by atoms with Gasteiger partial charge in [0.15, 0.2) is 5.65 Å². The third-order valence-corrected chi connectivity index (χ3v) is 6.71. The van der Waals surface area contributed by atoms with Crippen LogP contribution < -0.4 is 10.5 Å². The lowest BCUT2D eigenvalue weighted by atomic mass is 9.98. The first kappa shape index (κ1) is 21.3. The van der Waals surface area contributed by atoms with Crippen LogP contribution in [0.4, 0.5) is 5.82 Å². The highest BCUT2D eigenvalue weighted by atomic mass is 16.5. The first-order valence-electron chi connectivity index (χ1n) is 12.0. The summed E-state index contributed by atoms with van der Waals surface area (Å²) in [5.41, 5.74) is 13.5. The Morgan fingerprint density at radius 3 is 3.00 bits per heavy atom. The molecule has 0 radical (unpaired) electrons. The Morgan fingerprint density at radius 1 is 1.09 bits per heavy atom. The molecule has 1 unspecified atom stereocenters. The van der Waals surface area contributed by atoms with Gasteiger partial charge in [0.1, 0.15) is 17.1 Å². The lowest BCUT2D eigenvalue weighted by molar-refractivity contribution is 0.297. The molecule has 0 amide bonds. The molecule has 3 heterocycles. The molecule has 0 spiro atoms. The van der Waals surface area contributed by atoms with Gasteiger partial charge in [-0.25, -0.2) is 10.1 Å². The topological polar surface area (TPSA) is 108 Å². The van der Waals surface area contributed by atoms with Gasteiger partial charge in [-0.2, -0.15) is 5.10 Å². The predicted molar refractivity (Wildman–Crippen MR) is 134 cm³/mol. The summed E-state index contributed by atoms with van der Waals surface area (Å²) in [4.78, 5) is 4.23. The molecule has 5 aromatic rings. The van der Waals surface area contributed by atoms with Crippen molar-refractivity contribution in [3.63, 3.8) is 0 Å². The SMILES string of the molecule is Nc1cc(Cc2cnn(Cc3cccc(OCCC4CCc5ccccc54)c3)c2)c2nn[nH]c2n1. The van der Waals surface area contributed by atoms with E-state index in [9.17, 15) is 0 Å². The molecule has 3 aromatic heterocycles. The van der Waals surface area contributed by atoms with E-state index in [-0.39, 0.29) is 0 Å². The monoisotopic (exact) mass is 465 g/mol. The van der Waals surface area contributed by atoms with Crippen molar-refractivity contribution in [3.8, 4) is 5.75 Å². The molecule has 35 heavy (non-hydrogen) atoms. The second-order valence-electron chi connectivity index (χ2n) is 9.16. The Kier molecular flexibility index (Phi) is 5.62. The number of hydrogen-bond acceptors (Lipinski definition) is 6. The molecule has 0 fully saturated rings. The number of nitrogens with one attached hydrogen (secondary N) is 1. The summed E-state index contributed by atoms with van der Waals surface area (Å²) >= 11 is 0. The van der Waals surface area contributed by atoms with Crippen LogP contribution in [-0.2, 0) is 19.4 Å². The summed E-state index contributed by atoms with van der Waals surface area (Å²) in [6.07, 6.45) is 8.03. The number of aryl methyl sites for hydroxylation is 1. The van der Waals surface area contributed by atoms with Crippen LogP contribution >= 0.6 is 0 Å². The standard InChI is InChI=1S/C27H27N7O/c28-25-14-22(26-27(30-25)32-33-31-26)12-19-15-29-34(17-19)16-18-4-3-6-23(13-18)35-11-10-21-9-8-20-5-1-2-7-24(20)21/h1-7,13-15,17,21H,8-12,16H2,(H3,28,30,31,32,33). The minimum Gasteiger partial charge on any atom is -0.494 e. The molecule has 1 aliphatic carbocycles. The van der Waals surface area contributed by atoms with Crippen molar-refractivity contribution in [1.29, 1.82) is 0 Å². The van der Waals surface area contributed by atoms with Crippen LogP contribution in [-0.4, -0.2) is 36.8 Å². The molecule has 0 aliphatic heterocycles. The maximum atomic E-state index is 6.13. The number of hydrogen-bond donors (Lipinski definition) is 2. The third-order valence-electron chi connectivity index (χ3n) is 6.71. The number of fused-ring (bicyclic) bond motifs is 2. The van der Waals surface area contributed by atoms with Crippen molar-refractivity contribution >= 4 is 17.0 Å². The largest absolute Gasteiger partial charge is 0.494 e. The second-order valence-corrected chi connectivity index (χ2v) is 9.16. The van der Waals surface area contributed by atoms with Crippen molar-refractivity contribution < 1.29 is 4.74 Å². The average molecular weight is 466 g/mol. The number of aromatic nitrogens is 6. The fourth-order valence-electron chi connectivity index (χ4n) is 5.05. The van der Waals surface area contributed by atoms with Crippen LogP contribution in [0.3, 0.4) is 0 Å². The number of anilines is 1. The van der Waals surface area contributed by atoms with E-state index in [1.54, 1.807) is 0 Å². The molecule has 0 bridgehead atoms. The van der Waals surface area contributed by atoms with Gasteiger partial charge in [-0.3, -0.25) is 4.68 Å². The highest BCUT2D eigenvalue weighted by Gasteiger charge is 2.21. The quantitative estimate of drug-likeness (QED) is 0.354. The maximum Gasteiger partial charge on any atom is 0.178 e. The lowest BCUT2D eigenvalue weighted by Gasteiger charge is -2.13. The van der Waals surface area contributed by atoms with E-state index >= 15 is 0 Å². The number of H-pyrrole nitrogens is 1. The first-order chi connectivity index (χ1) is 17.2. The number of nitrogens with two attached hydrogens (primary N) is 1. The minimum absolute atomic E-state index is 0.444. The van der Waals surface area contributed by atoms with Crippen LogP contribution in [0.15, 0.2) is 67.0 Å². The first-order valence-corrected chi connectivity index (χ1v) is 12.0. The fourth-order valence-corrected chi connectivity index (χ4v) is 5.05. The van der Waals surface area contributed by atoms with Gasteiger partial charge in [-0.05, 0) is 71.2 Å². The van der Waals surface area contributed by atoms with Crippen LogP contribution in [0, 0.1) is 0 Å². The summed E-state index contributed by atoms with van der Waals surface area (Å²) in [5, 5.41) is 15.3. The number of nitrogen functional groups attached to an aromatic ring is 1. The normalized spacial score (nSPS) is 14.9. The van der Waals surface area contributed by atoms with Gasteiger partial charge in [0.2, 0.25) is 0 Å². The third kappa shape index (κ3) is 4.59. The van der Waals surface area contributed by atoms with Crippen LogP contribution in [0.2, 0.25) is 0 Å². The number of rotatable bonds is 8. The number of pyridine rings is 1. The van der Waals surface area contributed by atoms with E-state index in [1.807, 2.05) is 35.3 Å².